The predicted octanol–water partition coefficient (Wildman–Crippen LogP) is 4.09. The van der Waals surface area contributed by atoms with Gasteiger partial charge in [0.25, 0.3) is 5.91 Å². The lowest BCUT2D eigenvalue weighted by Crippen LogP contribution is -2.23. The fraction of sp³-hybridized carbons (Fsp3) is 0.182. The summed E-state index contributed by atoms with van der Waals surface area (Å²) in [4.78, 5) is 16.6. The molecule has 0 radical (unpaired) electrons. The minimum atomic E-state index is -0.266. The van der Waals surface area contributed by atoms with Crippen molar-refractivity contribution in [3.8, 4) is 5.69 Å². The van der Waals surface area contributed by atoms with Crippen LogP contribution in [-0.2, 0) is 12.3 Å². The summed E-state index contributed by atoms with van der Waals surface area (Å²) in [6.07, 6.45) is 1.38. The third-order valence-corrected chi connectivity index (χ3v) is 5.37. The average molecular weight is 420 g/mol. The molecule has 0 atom stereocenters. The molecule has 1 N–H and O–H groups in total. The second kappa shape index (κ2) is 8.96. The van der Waals surface area contributed by atoms with Gasteiger partial charge >= 0.3 is 0 Å². The first-order chi connectivity index (χ1) is 14.6. The Hall–Kier alpha value is -3.39. The van der Waals surface area contributed by atoms with Crippen molar-refractivity contribution in [2.75, 3.05) is 0 Å². The number of aryl methyl sites for hydroxylation is 2. The largest absolute Gasteiger partial charge is 0.447 e. The van der Waals surface area contributed by atoms with E-state index in [0.717, 1.165) is 27.8 Å². The van der Waals surface area contributed by atoms with Crippen LogP contribution >= 0.6 is 11.8 Å². The molecule has 152 valence electrons. The Morgan fingerprint density at radius 2 is 1.93 bits per heavy atom. The van der Waals surface area contributed by atoms with Gasteiger partial charge in [0.2, 0.25) is 5.89 Å². The fourth-order valence-corrected chi connectivity index (χ4v) is 3.83. The van der Waals surface area contributed by atoms with Crippen LogP contribution in [0.1, 0.15) is 33.3 Å². The molecule has 0 aliphatic heterocycles. The quantitative estimate of drug-likeness (QED) is 0.454. The van der Waals surface area contributed by atoms with Gasteiger partial charge in [-0.3, -0.25) is 9.36 Å². The summed E-state index contributed by atoms with van der Waals surface area (Å²) in [7, 11) is 0. The molecule has 2 heterocycles. The smallest absolute Gasteiger partial charge is 0.273 e. The van der Waals surface area contributed by atoms with Gasteiger partial charge in [0.15, 0.2) is 10.9 Å². The van der Waals surface area contributed by atoms with Crippen LogP contribution < -0.4 is 5.32 Å². The van der Waals surface area contributed by atoms with Gasteiger partial charge in [-0.25, -0.2) is 4.98 Å². The van der Waals surface area contributed by atoms with E-state index in [2.05, 4.69) is 26.6 Å². The number of hydrogen-bond acceptors (Lipinski definition) is 6. The summed E-state index contributed by atoms with van der Waals surface area (Å²) >= 11 is 1.46. The van der Waals surface area contributed by atoms with Crippen molar-refractivity contribution in [1.29, 1.82) is 0 Å². The number of nitrogens with one attached hydrogen (secondary N) is 1. The Morgan fingerprint density at radius 3 is 2.73 bits per heavy atom. The Balaban J connectivity index is 1.40. The summed E-state index contributed by atoms with van der Waals surface area (Å²) in [5.41, 5.74) is 3.46. The van der Waals surface area contributed by atoms with Gasteiger partial charge in [-0.05, 0) is 37.1 Å². The molecular formula is C22H21N5O2S. The summed E-state index contributed by atoms with van der Waals surface area (Å²) in [6.45, 7) is 4.41. The van der Waals surface area contributed by atoms with Crippen LogP contribution in [0.25, 0.3) is 5.69 Å². The average Bonchev–Trinajstić information content (AvgIpc) is 3.38. The second-order valence-corrected chi connectivity index (χ2v) is 7.73. The Bertz CT molecular complexity index is 1150. The van der Waals surface area contributed by atoms with E-state index in [1.165, 1.54) is 18.0 Å². The molecule has 7 nitrogen and oxygen atoms in total. The number of carbonyl (C=O) groups is 1. The number of nitrogens with zero attached hydrogens (tertiary/aromatic N) is 4. The monoisotopic (exact) mass is 419 g/mol. The fourth-order valence-electron chi connectivity index (χ4n) is 2.98. The van der Waals surface area contributed by atoms with Crippen LogP contribution in [0.3, 0.4) is 0 Å². The van der Waals surface area contributed by atoms with Crippen molar-refractivity contribution in [1.82, 2.24) is 25.1 Å². The van der Waals surface area contributed by atoms with E-state index in [1.54, 1.807) is 0 Å². The van der Waals surface area contributed by atoms with E-state index in [4.69, 9.17) is 4.42 Å². The lowest BCUT2D eigenvalue weighted by atomic mass is 10.2. The maximum Gasteiger partial charge on any atom is 0.273 e. The molecule has 0 bridgehead atoms. The van der Waals surface area contributed by atoms with Crippen LogP contribution in [0, 0.1) is 13.8 Å². The molecule has 0 unspecified atom stereocenters. The maximum absolute atomic E-state index is 12.3. The number of rotatable bonds is 7. The topological polar surface area (TPSA) is 85.8 Å². The first-order valence-corrected chi connectivity index (χ1v) is 10.5. The minimum Gasteiger partial charge on any atom is -0.447 e. The molecule has 1 amide bonds. The summed E-state index contributed by atoms with van der Waals surface area (Å²) in [5.74, 6) is 1.44. The molecule has 0 aliphatic carbocycles. The molecule has 4 aromatic rings. The second-order valence-electron chi connectivity index (χ2n) is 6.79. The molecule has 0 fully saturated rings. The van der Waals surface area contributed by atoms with Crippen molar-refractivity contribution in [3.63, 3.8) is 0 Å². The standard InChI is InChI=1S/C22H21N5O2S/c1-15-7-6-10-18(11-15)27-16(2)25-26-22(27)30-14-20-24-19(13-29-20)21(28)23-12-17-8-4-3-5-9-17/h3-11,13H,12,14H2,1-2H3,(H,23,28). The van der Waals surface area contributed by atoms with Gasteiger partial charge in [0.1, 0.15) is 12.1 Å². The van der Waals surface area contributed by atoms with Gasteiger partial charge in [-0.2, -0.15) is 0 Å². The molecule has 0 saturated heterocycles. The third-order valence-electron chi connectivity index (χ3n) is 4.46. The molecule has 8 heteroatoms. The lowest BCUT2D eigenvalue weighted by Gasteiger charge is -2.08. The molecular weight excluding hydrogens is 398 g/mol. The number of carbonyl (C=O) groups excluding carboxylic acids is 1. The molecule has 0 aliphatic rings. The van der Waals surface area contributed by atoms with Crippen LogP contribution in [0.2, 0.25) is 0 Å². The normalized spacial score (nSPS) is 10.9. The van der Waals surface area contributed by atoms with E-state index >= 15 is 0 Å². The molecule has 0 spiro atoms. The van der Waals surface area contributed by atoms with Gasteiger partial charge in [-0.1, -0.05) is 54.2 Å². The van der Waals surface area contributed by atoms with E-state index < -0.39 is 0 Å². The first-order valence-electron chi connectivity index (χ1n) is 9.48. The van der Waals surface area contributed by atoms with Crippen molar-refractivity contribution in [2.24, 2.45) is 0 Å². The number of benzene rings is 2. The highest BCUT2D eigenvalue weighted by atomic mass is 32.2. The van der Waals surface area contributed by atoms with Crippen LogP contribution in [0.4, 0.5) is 0 Å². The van der Waals surface area contributed by atoms with Gasteiger partial charge in [-0.15, -0.1) is 10.2 Å². The van der Waals surface area contributed by atoms with E-state index in [0.29, 0.717) is 18.2 Å². The Labute approximate surface area is 178 Å². The first kappa shape index (κ1) is 19.9. The number of thioether (sulfide) groups is 1. The highest BCUT2D eigenvalue weighted by molar-refractivity contribution is 7.98. The van der Waals surface area contributed by atoms with Gasteiger partial charge in [0, 0.05) is 12.2 Å². The van der Waals surface area contributed by atoms with Crippen LogP contribution in [-0.4, -0.2) is 25.7 Å². The maximum atomic E-state index is 12.3. The summed E-state index contributed by atoms with van der Waals surface area (Å²) < 4.78 is 7.47. The molecule has 2 aromatic heterocycles. The predicted molar refractivity (Wildman–Crippen MR) is 115 cm³/mol. The summed E-state index contributed by atoms with van der Waals surface area (Å²) in [6, 6.07) is 17.9. The van der Waals surface area contributed by atoms with Crippen molar-refractivity contribution in [2.45, 2.75) is 31.3 Å². The van der Waals surface area contributed by atoms with Crippen LogP contribution in [0.15, 0.2) is 70.4 Å². The van der Waals surface area contributed by atoms with Crippen molar-refractivity contribution >= 4 is 17.7 Å². The van der Waals surface area contributed by atoms with Gasteiger partial charge in [0.05, 0.1) is 5.75 Å². The Kier molecular flexibility index (Phi) is 5.94. The highest BCUT2D eigenvalue weighted by Crippen LogP contribution is 2.25. The summed E-state index contributed by atoms with van der Waals surface area (Å²) in [5, 5.41) is 12.1. The van der Waals surface area contributed by atoms with E-state index in [1.807, 2.05) is 66.9 Å². The zero-order chi connectivity index (χ0) is 20.9. The zero-order valence-corrected chi connectivity index (χ0v) is 17.5. The number of aromatic nitrogens is 4. The molecule has 2 aromatic carbocycles. The van der Waals surface area contributed by atoms with Crippen molar-refractivity contribution in [3.05, 3.63) is 89.4 Å². The molecule has 0 saturated carbocycles. The zero-order valence-electron chi connectivity index (χ0n) is 16.7. The number of hydrogen-bond donors (Lipinski definition) is 1. The number of amides is 1. The number of oxazole rings is 1. The Morgan fingerprint density at radius 1 is 1.10 bits per heavy atom. The highest BCUT2D eigenvalue weighted by Gasteiger charge is 2.15. The lowest BCUT2D eigenvalue weighted by molar-refractivity contribution is 0.0946. The molecule has 30 heavy (non-hydrogen) atoms. The minimum absolute atomic E-state index is 0.262. The van der Waals surface area contributed by atoms with Crippen molar-refractivity contribution < 1.29 is 9.21 Å². The SMILES string of the molecule is Cc1cccc(-n2c(C)nnc2SCc2nc(C(=O)NCc3ccccc3)co2)c1. The molecule has 4 rings (SSSR count). The van der Waals surface area contributed by atoms with E-state index in [-0.39, 0.29) is 11.6 Å². The van der Waals surface area contributed by atoms with Gasteiger partial charge < -0.3 is 9.73 Å². The van der Waals surface area contributed by atoms with E-state index in [9.17, 15) is 4.79 Å². The van der Waals surface area contributed by atoms with Crippen LogP contribution in [0.5, 0.6) is 0 Å². The third kappa shape index (κ3) is 4.60.